The number of aromatic nitrogens is 1. The molecule has 1 aliphatic heterocycles. The van der Waals surface area contributed by atoms with Crippen molar-refractivity contribution < 1.29 is 13.9 Å². The molecule has 1 N–H and O–H groups in total. The second-order valence-electron chi connectivity index (χ2n) is 4.99. The molecule has 4 heteroatoms. The summed E-state index contributed by atoms with van der Waals surface area (Å²) in [6.45, 7) is 5.75. The summed E-state index contributed by atoms with van der Waals surface area (Å²) in [6.07, 6.45) is 2.73. The average molecular weight is 273 g/mol. The number of ether oxygens (including phenoxy) is 1. The van der Waals surface area contributed by atoms with Crippen LogP contribution >= 0.6 is 0 Å². The molecule has 1 aromatic carbocycles. The highest BCUT2D eigenvalue weighted by Crippen LogP contribution is 2.36. The molecule has 0 spiro atoms. The summed E-state index contributed by atoms with van der Waals surface area (Å²) in [5.74, 6) is -0.329. The zero-order chi connectivity index (χ0) is 14.3. The van der Waals surface area contributed by atoms with E-state index in [1.165, 1.54) is 6.07 Å². The highest BCUT2D eigenvalue weighted by molar-refractivity contribution is 6.11. The van der Waals surface area contributed by atoms with Crippen LogP contribution in [0.15, 0.2) is 24.8 Å². The first kappa shape index (κ1) is 13.1. The normalized spacial score (nSPS) is 18.3. The Morgan fingerprint density at radius 2 is 2.35 bits per heavy atom. The van der Waals surface area contributed by atoms with E-state index in [0.29, 0.717) is 23.1 Å². The molecular formula is C16H16FNO2. The van der Waals surface area contributed by atoms with Gasteiger partial charge >= 0.3 is 0 Å². The second-order valence-corrected chi connectivity index (χ2v) is 4.99. The average Bonchev–Trinajstić information content (AvgIpc) is 2.83. The number of aromatic amines is 1. The van der Waals surface area contributed by atoms with E-state index in [1.54, 1.807) is 12.1 Å². The molecule has 0 bridgehead atoms. The summed E-state index contributed by atoms with van der Waals surface area (Å²) in [5, 5.41) is 0.782. The third kappa shape index (κ3) is 1.79. The van der Waals surface area contributed by atoms with E-state index in [9.17, 15) is 9.18 Å². The summed E-state index contributed by atoms with van der Waals surface area (Å²) in [6, 6.07) is 3.08. The zero-order valence-corrected chi connectivity index (χ0v) is 11.3. The van der Waals surface area contributed by atoms with Gasteiger partial charge in [-0.3, -0.25) is 4.79 Å². The van der Waals surface area contributed by atoms with Crippen LogP contribution in [0.25, 0.3) is 10.9 Å². The van der Waals surface area contributed by atoms with Gasteiger partial charge in [0, 0.05) is 10.9 Å². The van der Waals surface area contributed by atoms with Gasteiger partial charge in [-0.1, -0.05) is 13.0 Å². The molecule has 0 fully saturated rings. The van der Waals surface area contributed by atoms with Gasteiger partial charge in [-0.05, 0) is 25.0 Å². The van der Waals surface area contributed by atoms with Crippen LogP contribution in [0.2, 0.25) is 0 Å². The van der Waals surface area contributed by atoms with E-state index in [-0.39, 0.29) is 24.3 Å². The Labute approximate surface area is 116 Å². The van der Waals surface area contributed by atoms with Gasteiger partial charge in [0.2, 0.25) is 0 Å². The molecule has 2 heterocycles. The summed E-state index contributed by atoms with van der Waals surface area (Å²) < 4.78 is 19.5. The van der Waals surface area contributed by atoms with Crippen LogP contribution in [0.4, 0.5) is 4.39 Å². The molecule has 1 atom stereocenters. The standard InChI is InChI=1S/C16H16FNO2/c1-3-5-9-11(17)7-6-10-14-12(19)8-20-13(4-2)16(14)18-15(9)10/h3,6-7,13,18H,1,4-5,8H2,2H3. The third-order valence-electron chi connectivity index (χ3n) is 3.79. The van der Waals surface area contributed by atoms with Crippen molar-refractivity contribution in [3.8, 4) is 0 Å². The second kappa shape index (κ2) is 4.87. The van der Waals surface area contributed by atoms with Crippen LogP contribution in [0, 0.1) is 5.82 Å². The molecule has 0 radical (unpaired) electrons. The lowest BCUT2D eigenvalue weighted by atomic mass is 9.98. The van der Waals surface area contributed by atoms with Crippen LogP contribution in [0.5, 0.6) is 0 Å². The third-order valence-corrected chi connectivity index (χ3v) is 3.79. The lowest BCUT2D eigenvalue weighted by Crippen LogP contribution is -2.21. The van der Waals surface area contributed by atoms with Gasteiger partial charge in [0.1, 0.15) is 12.4 Å². The molecule has 3 nitrogen and oxygen atoms in total. The number of halogens is 1. The minimum atomic E-state index is -0.280. The molecule has 1 aromatic heterocycles. The number of hydrogen-bond acceptors (Lipinski definition) is 2. The molecule has 1 unspecified atom stereocenters. The maximum Gasteiger partial charge on any atom is 0.191 e. The molecule has 0 amide bonds. The molecule has 104 valence electrons. The Morgan fingerprint density at radius 3 is 3.05 bits per heavy atom. The predicted octanol–water partition coefficient (Wildman–Crippen LogP) is 3.70. The Hall–Kier alpha value is -1.94. The maximum atomic E-state index is 14.0. The lowest BCUT2D eigenvalue weighted by Gasteiger charge is -2.21. The largest absolute Gasteiger partial charge is 0.364 e. The number of carbonyl (C=O) groups is 1. The first-order chi connectivity index (χ1) is 9.67. The summed E-state index contributed by atoms with van der Waals surface area (Å²) in [4.78, 5) is 15.3. The van der Waals surface area contributed by atoms with Crippen molar-refractivity contribution in [3.63, 3.8) is 0 Å². The quantitative estimate of drug-likeness (QED) is 0.866. The van der Waals surface area contributed by atoms with Crippen LogP contribution in [0.3, 0.4) is 0 Å². The fourth-order valence-electron chi connectivity index (χ4n) is 2.86. The van der Waals surface area contributed by atoms with Crippen molar-refractivity contribution in [3.05, 3.63) is 47.4 Å². The van der Waals surface area contributed by atoms with E-state index in [1.807, 2.05) is 6.92 Å². The van der Waals surface area contributed by atoms with Crippen molar-refractivity contribution in [1.82, 2.24) is 4.98 Å². The van der Waals surface area contributed by atoms with Gasteiger partial charge < -0.3 is 9.72 Å². The maximum absolute atomic E-state index is 14.0. The number of allylic oxidation sites excluding steroid dienone is 1. The summed E-state index contributed by atoms with van der Waals surface area (Å²) in [5.41, 5.74) is 2.67. The predicted molar refractivity (Wildman–Crippen MR) is 75.5 cm³/mol. The van der Waals surface area contributed by atoms with Crippen molar-refractivity contribution in [2.45, 2.75) is 25.9 Å². The fourth-order valence-corrected chi connectivity index (χ4v) is 2.86. The molecule has 0 aliphatic carbocycles. The number of Topliss-reactive ketones (excluding diaryl/α,β-unsaturated/α-hetero) is 1. The smallest absolute Gasteiger partial charge is 0.191 e. The first-order valence-electron chi connectivity index (χ1n) is 6.76. The van der Waals surface area contributed by atoms with Crippen LogP contribution in [0.1, 0.15) is 41.1 Å². The molecule has 0 saturated heterocycles. The highest BCUT2D eigenvalue weighted by Gasteiger charge is 2.30. The Balaban J connectivity index is 2.32. The van der Waals surface area contributed by atoms with E-state index in [4.69, 9.17) is 4.74 Å². The number of fused-ring (bicyclic) bond motifs is 3. The van der Waals surface area contributed by atoms with Gasteiger partial charge in [0.25, 0.3) is 0 Å². The highest BCUT2D eigenvalue weighted by atomic mass is 19.1. The number of carbonyl (C=O) groups excluding carboxylic acids is 1. The van der Waals surface area contributed by atoms with E-state index >= 15 is 0 Å². The molecule has 2 aromatic rings. The lowest BCUT2D eigenvalue weighted by molar-refractivity contribution is 0.0330. The number of benzene rings is 1. The minimum Gasteiger partial charge on any atom is -0.364 e. The van der Waals surface area contributed by atoms with Gasteiger partial charge in [0.15, 0.2) is 5.78 Å². The van der Waals surface area contributed by atoms with E-state index in [0.717, 1.165) is 17.5 Å². The fraction of sp³-hybridized carbons (Fsp3) is 0.312. The zero-order valence-electron chi connectivity index (χ0n) is 11.3. The Morgan fingerprint density at radius 1 is 1.55 bits per heavy atom. The number of rotatable bonds is 3. The van der Waals surface area contributed by atoms with Crippen LogP contribution in [-0.2, 0) is 11.2 Å². The number of H-pyrrole nitrogens is 1. The van der Waals surface area contributed by atoms with E-state index in [2.05, 4.69) is 11.6 Å². The van der Waals surface area contributed by atoms with Crippen LogP contribution in [-0.4, -0.2) is 17.4 Å². The van der Waals surface area contributed by atoms with Gasteiger partial charge in [-0.15, -0.1) is 6.58 Å². The van der Waals surface area contributed by atoms with Gasteiger partial charge in [-0.2, -0.15) is 0 Å². The van der Waals surface area contributed by atoms with Gasteiger partial charge in [0.05, 0.1) is 22.9 Å². The van der Waals surface area contributed by atoms with Crippen LogP contribution < -0.4 is 0 Å². The number of hydrogen-bond donors (Lipinski definition) is 1. The Bertz CT molecular complexity index is 702. The topological polar surface area (TPSA) is 42.1 Å². The monoisotopic (exact) mass is 273 g/mol. The summed E-state index contributed by atoms with van der Waals surface area (Å²) in [7, 11) is 0. The van der Waals surface area contributed by atoms with Crippen molar-refractivity contribution in [2.75, 3.05) is 6.61 Å². The van der Waals surface area contributed by atoms with E-state index < -0.39 is 0 Å². The number of nitrogens with one attached hydrogen (secondary N) is 1. The minimum absolute atomic E-state index is 0.0490. The Kier molecular flexibility index (Phi) is 3.18. The molecule has 0 saturated carbocycles. The van der Waals surface area contributed by atoms with Crippen molar-refractivity contribution >= 4 is 16.7 Å². The van der Waals surface area contributed by atoms with Gasteiger partial charge in [-0.25, -0.2) is 4.39 Å². The number of ketones is 1. The first-order valence-corrected chi connectivity index (χ1v) is 6.76. The van der Waals surface area contributed by atoms with Crippen molar-refractivity contribution in [1.29, 1.82) is 0 Å². The molecule has 20 heavy (non-hydrogen) atoms. The summed E-state index contributed by atoms with van der Waals surface area (Å²) >= 11 is 0. The molecule has 3 rings (SSSR count). The SMILES string of the molecule is C=CCc1c(F)ccc2c3c([nH]c12)C(CC)OCC3=O. The van der Waals surface area contributed by atoms with Crippen molar-refractivity contribution in [2.24, 2.45) is 0 Å². The molecular weight excluding hydrogens is 257 g/mol. The molecule has 1 aliphatic rings.